The molecule has 2 rings (SSSR count). The Kier molecular flexibility index (Phi) is 2.14. The molecular formula is C10H5N5. The molecule has 0 saturated heterocycles. The van der Waals surface area contributed by atoms with E-state index in [-0.39, 0.29) is 5.82 Å². The van der Waals surface area contributed by atoms with Crippen LogP contribution in [0.1, 0.15) is 11.4 Å². The van der Waals surface area contributed by atoms with Crippen LogP contribution in [0.15, 0.2) is 30.9 Å². The third kappa shape index (κ3) is 1.43. The maximum atomic E-state index is 8.89. The lowest BCUT2D eigenvalue weighted by Crippen LogP contribution is -1.99. The summed E-state index contributed by atoms with van der Waals surface area (Å²) in [5.41, 5.74) is 1.02. The minimum Gasteiger partial charge on any atom is -0.289 e. The monoisotopic (exact) mass is 195 g/mol. The van der Waals surface area contributed by atoms with Crippen molar-refractivity contribution < 1.29 is 0 Å². The molecule has 2 aromatic rings. The normalized spacial score (nSPS) is 9.20. The van der Waals surface area contributed by atoms with Gasteiger partial charge in [0.15, 0.2) is 0 Å². The van der Waals surface area contributed by atoms with Crippen LogP contribution in [-0.2, 0) is 0 Å². The molecule has 5 nitrogen and oxygen atoms in total. The summed E-state index contributed by atoms with van der Waals surface area (Å²) < 4.78 is 1.53. The Morgan fingerprint density at radius 1 is 1.20 bits per heavy atom. The summed E-state index contributed by atoms with van der Waals surface area (Å²) in [5.74, 6) is 0.236. The fourth-order valence-corrected chi connectivity index (χ4v) is 1.25. The lowest BCUT2D eigenvalue weighted by atomic mass is 10.2. The number of hydrogen-bond acceptors (Lipinski definition) is 4. The number of pyridine rings is 1. The molecule has 5 heteroatoms. The van der Waals surface area contributed by atoms with Crippen LogP contribution in [0.3, 0.4) is 0 Å². The van der Waals surface area contributed by atoms with Gasteiger partial charge in [0.1, 0.15) is 12.1 Å². The minimum atomic E-state index is 0.236. The summed E-state index contributed by atoms with van der Waals surface area (Å²) in [7, 11) is 0. The van der Waals surface area contributed by atoms with Crippen molar-refractivity contribution in [2.45, 2.75) is 0 Å². The number of rotatable bonds is 1. The van der Waals surface area contributed by atoms with Gasteiger partial charge in [-0.15, -0.1) is 0 Å². The molecular weight excluding hydrogens is 190 g/mol. The zero-order valence-corrected chi connectivity index (χ0v) is 7.62. The standard InChI is InChI=1S/C10H5N5/c11-5-8-1-2-13-7-9(8)15-4-3-14-10(15)6-12/h1-4,7H. The van der Waals surface area contributed by atoms with Gasteiger partial charge in [-0.1, -0.05) is 0 Å². The molecule has 0 unspecified atom stereocenters. The highest BCUT2D eigenvalue weighted by Gasteiger charge is 2.07. The van der Waals surface area contributed by atoms with Crippen molar-refractivity contribution in [2.24, 2.45) is 0 Å². The summed E-state index contributed by atoms with van der Waals surface area (Å²) in [4.78, 5) is 7.77. The molecule has 0 radical (unpaired) electrons. The van der Waals surface area contributed by atoms with E-state index >= 15 is 0 Å². The van der Waals surface area contributed by atoms with E-state index in [0.29, 0.717) is 11.3 Å². The number of imidazole rings is 1. The second-order valence-corrected chi connectivity index (χ2v) is 2.74. The second kappa shape index (κ2) is 3.60. The van der Waals surface area contributed by atoms with Crippen molar-refractivity contribution in [2.75, 3.05) is 0 Å². The smallest absolute Gasteiger partial charge is 0.217 e. The molecule has 0 fully saturated rings. The summed E-state index contributed by atoms with van der Waals surface area (Å²) in [6, 6.07) is 5.57. The van der Waals surface area contributed by atoms with E-state index in [9.17, 15) is 0 Å². The van der Waals surface area contributed by atoms with Crippen molar-refractivity contribution in [3.63, 3.8) is 0 Å². The van der Waals surface area contributed by atoms with Gasteiger partial charge in [0.25, 0.3) is 0 Å². The Labute approximate surface area is 85.9 Å². The highest BCUT2D eigenvalue weighted by Crippen LogP contribution is 2.13. The number of nitriles is 2. The lowest BCUT2D eigenvalue weighted by molar-refractivity contribution is 1.00. The third-order valence-corrected chi connectivity index (χ3v) is 1.92. The fraction of sp³-hybridized carbons (Fsp3) is 0. The van der Waals surface area contributed by atoms with Gasteiger partial charge >= 0.3 is 0 Å². The molecule has 2 aromatic heterocycles. The SMILES string of the molecule is N#Cc1ccncc1-n1ccnc1C#N. The van der Waals surface area contributed by atoms with Crippen LogP contribution < -0.4 is 0 Å². The minimum absolute atomic E-state index is 0.236. The highest BCUT2D eigenvalue weighted by atomic mass is 15.1. The topological polar surface area (TPSA) is 78.3 Å². The van der Waals surface area contributed by atoms with Crippen molar-refractivity contribution in [3.8, 4) is 17.8 Å². The number of hydrogen-bond donors (Lipinski definition) is 0. The van der Waals surface area contributed by atoms with E-state index in [4.69, 9.17) is 10.5 Å². The van der Waals surface area contributed by atoms with E-state index < -0.39 is 0 Å². The Hall–Kier alpha value is -2.66. The molecule has 2 heterocycles. The first-order chi connectivity index (χ1) is 7.36. The van der Waals surface area contributed by atoms with E-state index in [1.807, 2.05) is 12.1 Å². The molecule has 0 amide bonds. The van der Waals surface area contributed by atoms with Gasteiger partial charge in [0.05, 0.1) is 17.4 Å². The van der Waals surface area contributed by atoms with E-state index in [1.165, 1.54) is 23.2 Å². The van der Waals surface area contributed by atoms with Crippen LogP contribution in [0.2, 0.25) is 0 Å². The van der Waals surface area contributed by atoms with Crippen molar-refractivity contribution >= 4 is 0 Å². The summed E-state index contributed by atoms with van der Waals surface area (Å²) in [6.45, 7) is 0. The average molecular weight is 195 g/mol. The highest BCUT2D eigenvalue weighted by molar-refractivity contribution is 5.48. The van der Waals surface area contributed by atoms with Crippen LogP contribution >= 0.6 is 0 Å². The molecule has 70 valence electrons. The summed E-state index contributed by atoms with van der Waals surface area (Å²) in [5, 5.41) is 17.7. The molecule has 15 heavy (non-hydrogen) atoms. The summed E-state index contributed by atoms with van der Waals surface area (Å²) in [6.07, 6.45) is 6.19. The van der Waals surface area contributed by atoms with E-state index in [2.05, 4.69) is 9.97 Å². The van der Waals surface area contributed by atoms with Gasteiger partial charge < -0.3 is 0 Å². The van der Waals surface area contributed by atoms with Crippen molar-refractivity contribution in [3.05, 3.63) is 42.2 Å². The zero-order chi connectivity index (χ0) is 10.7. The Morgan fingerprint density at radius 3 is 2.80 bits per heavy atom. The first kappa shape index (κ1) is 8.92. The van der Waals surface area contributed by atoms with Crippen LogP contribution in [0, 0.1) is 22.7 Å². The maximum absolute atomic E-state index is 8.89. The molecule has 0 aliphatic carbocycles. The van der Waals surface area contributed by atoms with Gasteiger partial charge in [0, 0.05) is 18.6 Å². The number of aromatic nitrogens is 3. The largest absolute Gasteiger partial charge is 0.289 e. The predicted molar refractivity (Wildman–Crippen MR) is 50.8 cm³/mol. The van der Waals surface area contributed by atoms with Crippen LogP contribution in [0.4, 0.5) is 0 Å². The maximum Gasteiger partial charge on any atom is 0.217 e. The fourth-order valence-electron chi connectivity index (χ4n) is 1.25. The third-order valence-electron chi connectivity index (χ3n) is 1.92. The van der Waals surface area contributed by atoms with Crippen molar-refractivity contribution in [1.29, 1.82) is 10.5 Å². The molecule has 0 aliphatic heterocycles. The molecule has 0 aliphatic rings. The van der Waals surface area contributed by atoms with Crippen molar-refractivity contribution in [1.82, 2.24) is 14.5 Å². The zero-order valence-electron chi connectivity index (χ0n) is 7.62. The van der Waals surface area contributed by atoms with Crippen LogP contribution in [0.25, 0.3) is 5.69 Å². The molecule has 0 saturated carbocycles. The van der Waals surface area contributed by atoms with Gasteiger partial charge in [-0.2, -0.15) is 10.5 Å². The predicted octanol–water partition coefficient (Wildman–Crippen LogP) is 1.01. The van der Waals surface area contributed by atoms with Crippen LogP contribution in [-0.4, -0.2) is 14.5 Å². The van der Waals surface area contributed by atoms with E-state index in [1.54, 1.807) is 12.3 Å². The lowest BCUT2D eigenvalue weighted by Gasteiger charge is -2.03. The van der Waals surface area contributed by atoms with Gasteiger partial charge in [-0.05, 0) is 6.07 Å². The first-order valence-electron chi connectivity index (χ1n) is 4.14. The molecule has 0 spiro atoms. The molecule has 0 aromatic carbocycles. The quantitative estimate of drug-likeness (QED) is 0.680. The Morgan fingerprint density at radius 2 is 2.07 bits per heavy atom. The van der Waals surface area contributed by atoms with Gasteiger partial charge in [-0.25, -0.2) is 4.98 Å². The molecule has 0 bridgehead atoms. The second-order valence-electron chi connectivity index (χ2n) is 2.74. The van der Waals surface area contributed by atoms with Gasteiger partial charge in [0.2, 0.25) is 5.82 Å². The Balaban J connectivity index is 2.66. The summed E-state index contributed by atoms with van der Waals surface area (Å²) >= 11 is 0. The first-order valence-corrected chi connectivity index (χ1v) is 4.14. The Bertz CT molecular complexity index is 570. The average Bonchev–Trinajstić information content (AvgIpc) is 2.76. The van der Waals surface area contributed by atoms with Gasteiger partial charge in [-0.3, -0.25) is 9.55 Å². The van der Waals surface area contributed by atoms with E-state index in [0.717, 1.165) is 0 Å². The molecule has 0 atom stereocenters. The molecule has 0 N–H and O–H groups in total. The van der Waals surface area contributed by atoms with Crippen LogP contribution in [0.5, 0.6) is 0 Å². The number of nitrogens with zero attached hydrogens (tertiary/aromatic N) is 5.